The number of hydrogen-bond acceptors (Lipinski definition) is 7. The minimum absolute atomic E-state index is 0.0579. The molecule has 0 aromatic heterocycles. The number of Topliss-reactive ketones (excluding diaryl/α,β-unsaturated/α-hetero) is 2. The molecular weight excluding hydrogens is 422 g/mol. The lowest BCUT2D eigenvalue weighted by Crippen LogP contribution is -2.55. The monoisotopic (exact) mass is 451 g/mol. The fourth-order valence-corrected chi connectivity index (χ4v) is 5.85. The zero-order chi connectivity index (χ0) is 22.6. The number of nitrogens with zero attached hydrogens (tertiary/aromatic N) is 2. The summed E-state index contributed by atoms with van der Waals surface area (Å²) in [4.78, 5) is 36.7. The largest absolute Gasteiger partial charge is 0.366 e. The van der Waals surface area contributed by atoms with Crippen LogP contribution in [0, 0.1) is 0 Å². The maximum atomic E-state index is 12.9. The van der Waals surface area contributed by atoms with Crippen molar-refractivity contribution in [2.24, 2.45) is 5.73 Å². The summed E-state index contributed by atoms with van der Waals surface area (Å²) in [7, 11) is -4.62. The van der Waals surface area contributed by atoms with Gasteiger partial charge in [-0.15, -0.1) is 0 Å². The summed E-state index contributed by atoms with van der Waals surface area (Å²) < 4.78 is 36.2. The van der Waals surface area contributed by atoms with Crippen molar-refractivity contribution in [3.63, 3.8) is 0 Å². The van der Waals surface area contributed by atoms with Gasteiger partial charge in [-0.05, 0) is 37.1 Å². The highest BCUT2D eigenvalue weighted by Gasteiger charge is 2.50. The van der Waals surface area contributed by atoms with Crippen LogP contribution in [0.2, 0.25) is 0 Å². The van der Waals surface area contributed by atoms with Crippen LogP contribution >= 0.6 is 0 Å². The lowest BCUT2D eigenvalue weighted by atomic mass is 9.95. The van der Waals surface area contributed by atoms with E-state index in [1.165, 1.54) is 24.3 Å². The zero-order valence-corrected chi connectivity index (χ0v) is 18.3. The van der Waals surface area contributed by atoms with Gasteiger partial charge in [0.15, 0.2) is 4.87 Å². The van der Waals surface area contributed by atoms with Gasteiger partial charge in [0.1, 0.15) is 11.6 Å². The maximum absolute atomic E-state index is 12.9. The third-order valence-electron chi connectivity index (χ3n) is 6.28. The molecule has 2 fully saturated rings. The van der Waals surface area contributed by atoms with Gasteiger partial charge in [0, 0.05) is 57.4 Å². The van der Waals surface area contributed by atoms with E-state index in [-0.39, 0.29) is 49.5 Å². The second-order valence-corrected chi connectivity index (χ2v) is 9.84. The number of carbonyl (C=O) groups excluding carboxylic acids is 3. The van der Waals surface area contributed by atoms with Crippen molar-refractivity contribution < 1.29 is 27.4 Å². The van der Waals surface area contributed by atoms with E-state index in [9.17, 15) is 27.4 Å². The molecule has 3 N–H and O–H groups in total. The standard InChI is InChI=1S/C21H29N3O6S/c22-20(27)16-2-4-17(5-3-16)21(31(28,29)30,24-14-8-19(26)9-15-24)10-1-11-23-12-6-18(25)7-13-23/h2-5H,1,6-15H2,(H2,22,27)(H,28,29,30). The molecule has 2 saturated heterocycles. The zero-order valence-electron chi connectivity index (χ0n) is 17.5. The highest BCUT2D eigenvalue weighted by molar-refractivity contribution is 7.86. The van der Waals surface area contributed by atoms with Gasteiger partial charge in [0.2, 0.25) is 5.91 Å². The minimum atomic E-state index is -4.62. The Balaban J connectivity index is 1.91. The normalized spacial score (nSPS) is 21.1. The van der Waals surface area contributed by atoms with Crippen LogP contribution in [0.15, 0.2) is 24.3 Å². The van der Waals surface area contributed by atoms with Crippen LogP contribution in [0.25, 0.3) is 0 Å². The molecule has 1 amide bonds. The smallest absolute Gasteiger partial charge is 0.288 e. The predicted molar refractivity (Wildman–Crippen MR) is 114 cm³/mol. The third-order valence-corrected chi connectivity index (χ3v) is 7.83. The molecule has 0 saturated carbocycles. The van der Waals surface area contributed by atoms with Crippen LogP contribution in [0.5, 0.6) is 0 Å². The van der Waals surface area contributed by atoms with Gasteiger partial charge < -0.3 is 10.6 Å². The van der Waals surface area contributed by atoms with E-state index in [1.54, 1.807) is 4.90 Å². The Morgan fingerprint density at radius 2 is 1.48 bits per heavy atom. The van der Waals surface area contributed by atoms with Gasteiger partial charge >= 0.3 is 0 Å². The molecule has 170 valence electrons. The summed E-state index contributed by atoms with van der Waals surface area (Å²) in [6.07, 6.45) is 1.99. The predicted octanol–water partition coefficient (Wildman–Crippen LogP) is 0.936. The Labute approximate surface area is 182 Å². The summed E-state index contributed by atoms with van der Waals surface area (Å²) in [6, 6.07) is 5.90. The molecule has 0 bridgehead atoms. The quantitative estimate of drug-likeness (QED) is 0.557. The first-order valence-electron chi connectivity index (χ1n) is 10.5. The maximum Gasteiger partial charge on any atom is 0.288 e. The molecule has 2 heterocycles. The Bertz CT molecular complexity index is 926. The van der Waals surface area contributed by atoms with E-state index in [2.05, 4.69) is 4.90 Å². The topological polar surface area (TPSA) is 138 Å². The van der Waals surface area contributed by atoms with E-state index >= 15 is 0 Å². The van der Waals surface area contributed by atoms with E-state index < -0.39 is 20.9 Å². The Hall–Kier alpha value is -2.14. The summed E-state index contributed by atoms with van der Waals surface area (Å²) in [5, 5.41) is 0. The van der Waals surface area contributed by atoms with Crippen molar-refractivity contribution in [3.05, 3.63) is 35.4 Å². The van der Waals surface area contributed by atoms with Crippen molar-refractivity contribution in [2.75, 3.05) is 32.7 Å². The lowest BCUT2D eigenvalue weighted by Gasteiger charge is -2.43. The molecule has 2 aliphatic rings. The second-order valence-electron chi connectivity index (χ2n) is 8.21. The summed E-state index contributed by atoms with van der Waals surface area (Å²) in [6.45, 7) is 2.31. The first-order chi connectivity index (χ1) is 14.6. The Morgan fingerprint density at radius 1 is 0.968 bits per heavy atom. The molecule has 31 heavy (non-hydrogen) atoms. The SMILES string of the molecule is NC(=O)c1ccc(C(CCCN2CCC(=O)CC2)(N2CCC(=O)CC2)S(=O)(=O)O)cc1. The molecule has 1 unspecified atom stereocenters. The Morgan fingerprint density at radius 3 is 1.97 bits per heavy atom. The van der Waals surface area contributed by atoms with Crippen LogP contribution in [0.3, 0.4) is 0 Å². The van der Waals surface area contributed by atoms with Crippen LogP contribution in [0.4, 0.5) is 0 Å². The van der Waals surface area contributed by atoms with Gasteiger partial charge in [0.25, 0.3) is 10.1 Å². The number of carbonyl (C=O) groups is 3. The van der Waals surface area contributed by atoms with Crippen LogP contribution < -0.4 is 5.73 Å². The number of ketones is 2. The van der Waals surface area contributed by atoms with Gasteiger partial charge in [0.05, 0.1) is 0 Å². The van der Waals surface area contributed by atoms with Gasteiger partial charge in [-0.25, -0.2) is 0 Å². The van der Waals surface area contributed by atoms with Crippen LogP contribution in [0.1, 0.15) is 54.4 Å². The minimum Gasteiger partial charge on any atom is -0.366 e. The first kappa shape index (κ1) is 23.5. The molecule has 0 spiro atoms. The second kappa shape index (κ2) is 9.56. The van der Waals surface area contributed by atoms with E-state index in [0.717, 1.165) is 0 Å². The number of rotatable bonds is 8. The van der Waals surface area contributed by atoms with E-state index in [4.69, 9.17) is 5.73 Å². The molecule has 2 aliphatic heterocycles. The summed E-state index contributed by atoms with van der Waals surface area (Å²) >= 11 is 0. The highest BCUT2D eigenvalue weighted by Crippen LogP contribution is 2.40. The third kappa shape index (κ3) is 5.20. The van der Waals surface area contributed by atoms with E-state index in [0.29, 0.717) is 44.5 Å². The highest BCUT2D eigenvalue weighted by atomic mass is 32.2. The van der Waals surface area contributed by atoms with Crippen molar-refractivity contribution in [3.8, 4) is 0 Å². The molecule has 9 nitrogen and oxygen atoms in total. The number of likely N-dealkylation sites (tertiary alicyclic amines) is 2. The molecule has 0 radical (unpaired) electrons. The molecule has 0 aliphatic carbocycles. The number of nitrogens with two attached hydrogens (primary N) is 1. The molecular formula is C21H29N3O6S. The molecule has 1 aromatic rings. The molecule has 3 rings (SSSR count). The van der Waals surface area contributed by atoms with Crippen molar-refractivity contribution >= 4 is 27.6 Å². The van der Waals surface area contributed by atoms with Crippen molar-refractivity contribution in [1.29, 1.82) is 0 Å². The number of primary amides is 1. The Kier molecular flexibility index (Phi) is 7.25. The molecule has 1 atom stereocenters. The molecule has 1 aromatic carbocycles. The summed E-state index contributed by atoms with van der Waals surface area (Å²) in [5.41, 5.74) is 5.88. The van der Waals surface area contributed by atoms with Gasteiger partial charge in [-0.3, -0.25) is 23.8 Å². The summed E-state index contributed by atoms with van der Waals surface area (Å²) in [5.74, 6) is -0.342. The fraction of sp³-hybridized carbons (Fsp3) is 0.571. The van der Waals surface area contributed by atoms with Gasteiger partial charge in [-0.2, -0.15) is 8.42 Å². The van der Waals surface area contributed by atoms with E-state index in [1.807, 2.05) is 0 Å². The lowest BCUT2D eigenvalue weighted by molar-refractivity contribution is -0.123. The number of piperidine rings is 2. The van der Waals surface area contributed by atoms with Crippen molar-refractivity contribution in [2.45, 2.75) is 43.4 Å². The fourth-order valence-electron chi connectivity index (χ4n) is 4.51. The average Bonchev–Trinajstić information content (AvgIpc) is 2.73. The van der Waals surface area contributed by atoms with Crippen LogP contribution in [-0.4, -0.2) is 73.0 Å². The van der Waals surface area contributed by atoms with Crippen molar-refractivity contribution in [1.82, 2.24) is 9.80 Å². The molecule has 10 heteroatoms. The number of benzene rings is 1. The number of hydrogen-bond donors (Lipinski definition) is 2. The van der Waals surface area contributed by atoms with Gasteiger partial charge in [-0.1, -0.05) is 12.1 Å². The van der Waals surface area contributed by atoms with Crippen LogP contribution in [-0.2, 0) is 24.6 Å². The first-order valence-corrected chi connectivity index (χ1v) is 12.0. The number of amides is 1. The average molecular weight is 452 g/mol.